The third-order valence-corrected chi connectivity index (χ3v) is 5.52. The minimum Gasteiger partial charge on any atom is -0.382 e. The third kappa shape index (κ3) is 4.07. The Labute approximate surface area is 168 Å². The number of carbonyl (C=O) groups excluding carboxylic acids is 1. The molecular weight excluding hydrogens is 400 g/mol. The van der Waals surface area contributed by atoms with Crippen molar-refractivity contribution in [1.29, 1.82) is 0 Å². The van der Waals surface area contributed by atoms with Gasteiger partial charge in [0, 0.05) is 24.3 Å². The predicted octanol–water partition coefficient (Wildman–Crippen LogP) is 3.21. The summed E-state index contributed by atoms with van der Waals surface area (Å²) in [7, 11) is -3.61. The Bertz CT molecular complexity index is 1170. The Balaban J connectivity index is 2.07. The van der Waals surface area contributed by atoms with Crippen molar-refractivity contribution >= 4 is 49.8 Å². The van der Waals surface area contributed by atoms with Gasteiger partial charge in [0.15, 0.2) is 14.9 Å². The minimum absolute atomic E-state index is 0.133. The molecule has 0 aliphatic rings. The van der Waals surface area contributed by atoms with Crippen LogP contribution in [-0.4, -0.2) is 30.5 Å². The number of nitrogen functional groups attached to an aromatic ring is 1. The van der Waals surface area contributed by atoms with Crippen LogP contribution in [0, 0.1) is 0 Å². The lowest BCUT2D eigenvalue weighted by Gasteiger charge is -2.24. The molecule has 2 N–H and O–H groups in total. The predicted molar refractivity (Wildman–Crippen MR) is 110 cm³/mol. The maximum atomic E-state index is 12.6. The fourth-order valence-electron chi connectivity index (χ4n) is 2.85. The van der Waals surface area contributed by atoms with Crippen molar-refractivity contribution in [3.63, 3.8) is 0 Å². The summed E-state index contributed by atoms with van der Waals surface area (Å²) in [5.41, 5.74) is 7.44. The summed E-state index contributed by atoms with van der Waals surface area (Å²) in [4.78, 5) is 22.3. The number of pyridine rings is 2. The number of carbonyl (C=O) groups is 1. The number of halogens is 1. The number of nitrogens with two attached hydrogens (primary N) is 1. The Morgan fingerprint density at radius 3 is 2.68 bits per heavy atom. The molecule has 0 fully saturated rings. The van der Waals surface area contributed by atoms with Gasteiger partial charge in [0.05, 0.1) is 22.8 Å². The molecular formula is C19H19ClN4O3S. The Morgan fingerprint density at radius 1 is 1.25 bits per heavy atom. The number of hydrogen-bond acceptors (Lipinski definition) is 6. The topological polar surface area (TPSA) is 106 Å². The summed E-state index contributed by atoms with van der Waals surface area (Å²) < 4.78 is 24.3. The number of anilines is 2. The number of rotatable bonds is 5. The minimum atomic E-state index is -3.61. The molecule has 0 unspecified atom stereocenters. The van der Waals surface area contributed by atoms with Crippen LogP contribution in [0.4, 0.5) is 11.5 Å². The maximum Gasteiger partial charge on any atom is 0.227 e. The van der Waals surface area contributed by atoms with E-state index in [1.54, 1.807) is 31.2 Å². The third-order valence-electron chi connectivity index (χ3n) is 4.20. The Hall–Kier alpha value is -2.71. The van der Waals surface area contributed by atoms with E-state index in [-0.39, 0.29) is 35.4 Å². The second-order valence-electron chi connectivity index (χ2n) is 6.32. The lowest BCUT2D eigenvalue weighted by molar-refractivity contribution is -0.118. The second kappa shape index (κ2) is 7.73. The number of benzene rings is 1. The molecule has 3 aromatic rings. The lowest BCUT2D eigenvalue weighted by Crippen LogP contribution is -2.31. The normalized spacial score (nSPS) is 11.5. The lowest BCUT2D eigenvalue weighted by atomic mass is 10.1. The number of sulfone groups is 1. The van der Waals surface area contributed by atoms with Crippen LogP contribution in [-0.2, 0) is 21.2 Å². The first-order valence-electron chi connectivity index (χ1n) is 8.50. The van der Waals surface area contributed by atoms with Crippen molar-refractivity contribution in [3.05, 3.63) is 53.2 Å². The van der Waals surface area contributed by atoms with Gasteiger partial charge in [-0.1, -0.05) is 30.7 Å². The summed E-state index contributed by atoms with van der Waals surface area (Å²) in [6.07, 6.45) is 2.67. The first-order chi connectivity index (χ1) is 13.2. The number of hydrogen-bond donors (Lipinski definition) is 1. The molecule has 0 spiro atoms. The molecule has 0 bridgehead atoms. The second-order valence-corrected chi connectivity index (χ2v) is 8.65. The van der Waals surface area contributed by atoms with Gasteiger partial charge >= 0.3 is 0 Å². The average Bonchev–Trinajstić information content (AvgIpc) is 2.66. The van der Waals surface area contributed by atoms with Crippen molar-refractivity contribution < 1.29 is 13.2 Å². The van der Waals surface area contributed by atoms with Crippen LogP contribution in [0.25, 0.3) is 10.9 Å². The molecule has 0 atom stereocenters. The summed E-state index contributed by atoms with van der Waals surface area (Å²) in [6.45, 7) is 1.89. The van der Waals surface area contributed by atoms with Gasteiger partial charge in [-0.15, -0.1) is 0 Å². The number of fused-ring (bicyclic) bond motifs is 1. The van der Waals surface area contributed by atoms with Gasteiger partial charge in [-0.25, -0.2) is 18.4 Å². The summed E-state index contributed by atoms with van der Waals surface area (Å²) in [5.74, 6) is 0.000931. The number of amides is 1. The molecule has 3 rings (SSSR count). The number of nitrogens with zero attached hydrogens (tertiary/aromatic N) is 3. The molecule has 28 heavy (non-hydrogen) atoms. The van der Waals surface area contributed by atoms with E-state index in [2.05, 4.69) is 9.97 Å². The van der Waals surface area contributed by atoms with Crippen LogP contribution >= 0.6 is 11.6 Å². The quantitative estimate of drug-likeness (QED) is 0.681. The highest BCUT2D eigenvalue weighted by molar-refractivity contribution is 7.90. The summed E-state index contributed by atoms with van der Waals surface area (Å²) in [5, 5.41) is 1.05. The first kappa shape index (κ1) is 20.0. The van der Waals surface area contributed by atoms with E-state index in [1.165, 1.54) is 11.1 Å². The van der Waals surface area contributed by atoms with E-state index in [9.17, 15) is 13.2 Å². The van der Waals surface area contributed by atoms with E-state index >= 15 is 0 Å². The van der Waals surface area contributed by atoms with Crippen LogP contribution in [0.2, 0.25) is 5.02 Å². The zero-order valence-corrected chi connectivity index (χ0v) is 17.0. The molecule has 146 valence electrons. The zero-order valence-electron chi connectivity index (χ0n) is 15.4. The molecule has 0 radical (unpaired) electrons. The molecule has 2 heterocycles. The summed E-state index contributed by atoms with van der Waals surface area (Å²) in [6, 6.07) is 10.4. The van der Waals surface area contributed by atoms with Crippen molar-refractivity contribution in [1.82, 2.24) is 9.97 Å². The van der Waals surface area contributed by atoms with Crippen molar-refractivity contribution in [3.8, 4) is 0 Å². The standard InChI is InChI=1S/C19H19ClN4O3S/c1-3-17(25)24(16-5-4-8-22-19(16)28(2,26)27)11-12-6-7-13-10-14(20)18(21)23-15(13)9-12/h4-10H,3,11H2,1-2H3,(H2,21,23). The van der Waals surface area contributed by atoms with Gasteiger partial charge in [-0.05, 0) is 29.8 Å². The smallest absolute Gasteiger partial charge is 0.227 e. The van der Waals surface area contributed by atoms with Gasteiger partial charge in [-0.3, -0.25) is 4.79 Å². The van der Waals surface area contributed by atoms with E-state index in [0.29, 0.717) is 10.5 Å². The monoisotopic (exact) mass is 418 g/mol. The molecule has 2 aromatic heterocycles. The van der Waals surface area contributed by atoms with Crippen LogP contribution in [0.1, 0.15) is 18.9 Å². The van der Waals surface area contributed by atoms with Gasteiger partial charge in [0.2, 0.25) is 5.91 Å². The van der Waals surface area contributed by atoms with E-state index in [1.807, 2.05) is 12.1 Å². The summed E-state index contributed by atoms with van der Waals surface area (Å²) >= 11 is 6.01. The first-order valence-corrected chi connectivity index (χ1v) is 10.8. The van der Waals surface area contributed by atoms with Gasteiger partial charge < -0.3 is 10.6 Å². The number of aromatic nitrogens is 2. The van der Waals surface area contributed by atoms with Crippen LogP contribution < -0.4 is 10.6 Å². The van der Waals surface area contributed by atoms with Gasteiger partial charge in [0.1, 0.15) is 5.82 Å². The van der Waals surface area contributed by atoms with Crippen LogP contribution in [0.5, 0.6) is 0 Å². The molecule has 1 aromatic carbocycles. The molecule has 1 amide bonds. The molecule has 7 nitrogen and oxygen atoms in total. The van der Waals surface area contributed by atoms with Crippen molar-refractivity contribution in [2.24, 2.45) is 0 Å². The van der Waals surface area contributed by atoms with Crippen molar-refractivity contribution in [2.75, 3.05) is 16.9 Å². The highest BCUT2D eigenvalue weighted by Crippen LogP contribution is 2.27. The molecule has 0 saturated carbocycles. The van der Waals surface area contributed by atoms with Gasteiger partial charge in [0.25, 0.3) is 0 Å². The molecule has 0 saturated heterocycles. The molecule has 9 heteroatoms. The fourth-order valence-corrected chi connectivity index (χ4v) is 3.82. The van der Waals surface area contributed by atoms with Crippen LogP contribution in [0.3, 0.4) is 0 Å². The highest BCUT2D eigenvalue weighted by atomic mass is 35.5. The SMILES string of the molecule is CCC(=O)N(Cc1ccc2cc(Cl)c(N)nc2c1)c1cccnc1S(C)(=O)=O. The molecule has 0 aliphatic carbocycles. The van der Waals surface area contributed by atoms with E-state index in [4.69, 9.17) is 17.3 Å². The van der Waals surface area contributed by atoms with Crippen molar-refractivity contribution in [2.45, 2.75) is 24.9 Å². The van der Waals surface area contributed by atoms with E-state index in [0.717, 1.165) is 17.2 Å². The highest BCUT2D eigenvalue weighted by Gasteiger charge is 2.23. The van der Waals surface area contributed by atoms with Crippen LogP contribution in [0.15, 0.2) is 47.6 Å². The Morgan fingerprint density at radius 2 is 2.00 bits per heavy atom. The van der Waals surface area contributed by atoms with Gasteiger partial charge in [-0.2, -0.15) is 0 Å². The molecule has 0 aliphatic heterocycles. The Kier molecular flexibility index (Phi) is 5.53. The van der Waals surface area contributed by atoms with E-state index < -0.39 is 9.84 Å². The zero-order chi connectivity index (χ0) is 20.5. The fraction of sp³-hybridized carbons (Fsp3) is 0.211. The average molecular weight is 419 g/mol. The maximum absolute atomic E-state index is 12.6. The largest absolute Gasteiger partial charge is 0.382 e.